The molecule has 0 unspecified atom stereocenters. The molecule has 0 aliphatic carbocycles. The second-order valence-electron chi connectivity index (χ2n) is 6.71. The van der Waals surface area contributed by atoms with Gasteiger partial charge in [-0.05, 0) is 43.5 Å². The molecular weight excluding hydrogens is 374 g/mol. The average molecular weight is 397 g/mol. The number of hydrogen-bond acceptors (Lipinski definition) is 7. The molecule has 3 rings (SSSR count). The van der Waals surface area contributed by atoms with Crippen molar-refractivity contribution < 1.29 is 32.2 Å². The molecule has 1 N–H and O–H groups in total. The summed E-state index contributed by atoms with van der Waals surface area (Å²) in [6, 6.07) is 6.04. The van der Waals surface area contributed by atoms with Crippen molar-refractivity contribution in [1.82, 2.24) is 5.32 Å². The molecule has 2 aliphatic heterocycles. The van der Waals surface area contributed by atoms with E-state index >= 15 is 0 Å². The summed E-state index contributed by atoms with van der Waals surface area (Å²) in [7, 11) is -3.07. The number of rotatable bonds is 7. The first-order valence-electron chi connectivity index (χ1n) is 8.93. The van der Waals surface area contributed by atoms with E-state index in [1.165, 1.54) is 0 Å². The monoisotopic (exact) mass is 397 g/mol. The van der Waals surface area contributed by atoms with Crippen LogP contribution >= 0.6 is 0 Å². The highest BCUT2D eigenvalue weighted by atomic mass is 32.2. The van der Waals surface area contributed by atoms with Gasteiger partial charge in [-0.1, -0.05) is 0 Å². The molecule has 0 aromatic heterocycles. The Morgan fingerprint density at radius 1 is 1.19 bits per heavy atom. The first kappa shape index (κ1) is 19.6. The fourth-order valence-corrected chi connectivity index (χ4v) is 4.72. The number of sulfone groups is 1. The molecule has 0 bridgehead atoms. The molecule has 9 heteroatoms. The Balaban J connectivity index is 1.40. The van der Waals surface area contributed by atoms with Gasteiger partial charge >= 0.3 is 5.97 Å². The molecule has 1 amide bonds. The van der Waals surface area contributed by atoms with Crippen LogP contribution in [0.2, 0.25) is 0 Å². The van der Waals surface area contributed by atoms with Gasteiger partial charge in [0.05, 0.1) is 23.2 Å². The Bertz CT molecular complexity index is 769. The minimum atomic E-state index is -3.07. The molecule has 0 radical (unpaired) electrons. The Morgan fingerprint density at radius 3 is 2.59 bits per heavy atom. The molecule has 2 saturated heterocycles. The largest absolute Gasteiger partial charge is 0.491 e. The highest BCUT2D eigenvalue weighted by molar-refractivity contribution is 7.91. The quantitative estimate of drug-likeness (QED) is 0.675. The molecular formula is C18H23NO7S. The Morgan fingerprint density at radius 2 is 1.96 bits per heavy atom. The third-order valence-electron chi connectivity index (χ3n) is 4.48. The molecule has 2 heterocycles. The lowest BCUT2D eigenvalue weighted by molar-refractivity contribution is -0.124. The van der Waals surface area contributed by atoms with Gasteiger partial charge < -0.3 is 19.5 Å². The van der Waals surface area contributed by atoms with Crippen molar-refractivity contribution in [2.75, 3.05) is 31.3 Å². The number of amides is 1. The lowest BCUT2D eigenvalue weighted by Gasteiger charge is -2.12. The van der Waals surface area contributed by atoms with E-state index in [1.807, 2.05) is 0 Å². The molecule has 1 aromatic rings. The van der Waals surface area contributed by atoms with Crippen LogP contribution in [0.5, 0.6) is 5.75 Å². The molecule has 2 atom stereocenters. The lowest BCUT2D eigenvalue weighted by Crippen LogP contribution is -2.38. The number of ether oxygens (including phenoxy) is 3. The van der Waals surface area contributed by atoms with Crippen LogP contribution < -0.4 is 10.1 Å². The van der Waals surface area contributed by atoms with Crippen LogP contribution in [0.1, 0.15) is 29.6 Å². The van der Waals surface area contributed by atoms with Gasteiger partial charge in [0.1, 0.15) is 12.4 Å². The third kappa shape index (κ3) is 5.93. The maximum absolute atomic E-state index is 12.0. The van der Waals surface area contributed by atoms with Gasteiger partial charge in [-0.3, -0.25) is 4.79 Å². The third-order valence-corrected chi connectivity index (χ3v) is 6.25. The summed E-state index contributed by atoms with van der Waals surface area (Å²) in [6.45, 7) is 0.788. The topological polar surface area (TPSA) is 108 Å². The van der Waals surface area contributed by atoms with Crippen molar-refractivity contribution in [3.63, 3.8) is 0 Å². The molecule has 148 valence electrons. The number of nitrogens with one attached hydrogen (secondary N) is 1. The number of carbonyl (C=O) groups is 2. The van der Waals surface area contributed by atoms with Crippen LogP contribution in [0.3, 0.4) is 0 Å². The van der Waals surface area contributed by atoms with Crippen LogP contribution in [0.25, 0.3) is 0 Å². The van der Waals surface area contributed by atoms with E-state index in [4.69, 9.17) is 14.2 Å². The number of carbonyl (C=O) groups excluding carboxylic acids is 2. The molecule has 0 saturated carbocycles. The van der Waals surface area contributed by atoms with Gasteiger partial charge in [0.2, 0.25) is 0 Å². The number of esters is 1. The van der Waals surface area contributed by atoms with Crippen molar-refractivity contribution in [1.29, 1.82) is 0 Å². The second kappa shape index (κ2) is 8.71. The van der Waals surface area contributed by atoms with Crippen LogP contribution in [-0.4, -0.2) is 63.8 Å². The molecule has 2 fully saturated rings. The van der Waals surface area contributed by atoms with E-state index in [1.54, 1.807) is 24.3 Å². The Kier molecular flexibility index (Phi) is 6.33. The van der Waals surface area contributed by atoms with Gasteiger partial charge in [-0.2, -0.15) is 0 Å². The first-order chi connectivity index (χ1) is 12.9. The summed E-state index contributed by atoms with van der Waals surface area (Å²) in [6.07, 6.45) is 2.53. The minimum Gasteiger partial charge on any atom is -0.491 e. The summed E-state index contributed by atoms with van der Waals surface area (Å²) in [4.78, 5) is 23.8. The highest BCUT2D eigenvalue weighted by Gasteiger charge is 2.29. The zero-order valence-corrected chi connectivity index (χ0v) is 15.7. The fourth-order valence-electron chi connectivity index (χ4n) is 3.04. The Hall–Kier alpha value is -2.13. The van der Waals surface area contributed by atoms with Crippen molar-refractivity contribution in [2.45, 2.75) is 31.4 Å². The predicted octanol–water partition coefficient (Wildman–Crippen LogP) is 0.705. The summed E-state index contributed by atoms with van der Waals surface area (Å²) in [5.41, 5.74) is 0.302. The minimum absolute atomic E-state index is 0.0685. The summed E-state index contributed by atoms with van der Waals surface area (Å²) < 4.78 is 38.8. The lowest BCUT2D eigenvalue weighted by atomic mass is 10.2. The van der Waals surface area contributed by atoms with Gasteiger partial charge in [0, 0.05) is 12.6 Å². The van der Waals surface area contributed by atoms with Crippen molar-refractivity contribution in [3.05, 3.63) is 29.8 Å². The number of hydrogen-bond donors (Lipinski definition) is 1. The summed E-state index contributed by atoms with van der Waals surface area (Å²) in [5, 5.41) is 2.57. The highest BCUT2D eigenvalue weighted by Crippen LogP contribution is 2.17. The average Bonchev–Trinajstić information content (AvgIpc) is 3.27. The predicted molar refractivity (Wildman–Crippen MR) is 96.4 cm³/mol. The van der Waals surface area contributed by atoms with Gasteiger partial charge in [0.15, 0.2) is 16.4 Å². The smallest absolute Gasteiger partial charge is 0.338 e. The van der Waals surface area contributed by atoms with Gasteiger partial charge in [0.25, 0.3) is 5.91 Å². The van der Waals surface area contributed by atoms with Gasteiger partial charge in [-0.15, -0.1) is 0 Å². The van der Waals surface area contributed by atoms with E-state index in [0.717, 1.165) is 19.4 Å². The SMILES string of the molecule is O=C(COC(=O)c1ccc(OC[C@H]2CCCO2)cc1)N[C@H]1CCS(=O)(=O)C1. The van der Waals surface area contributed by atoms with Crippen LogP contribution in [0, 0.1) is 0 Å². The fraction of sp³-hybridized carbons (Fsp3) is 0.556. The van der Waals surface area contributed by atoms with Crippen LogP contribution in [0.15, 0.2) is 24.3 Å². The zero-order chi connectivity index (χ0) is 19.3. The van der Waals surface area contributed by atoms with Crippen molar-refractivity contribution >= 4 is 21.7 Å². The molecule has 0 spiro atoms. The zero-order valence-electron chi connectivity index (χ0n) is 14.9. The van der Waals surface area contributed by atoms with E-state index < -0.39 is 34.4 Å². The maximum atomic E-state index is 12.0. The van der Waals surface area contributed by atoms with Crippen LogP contribution in [0.4, 0.5) is 0 Å². The first-order valence-corrected chi connectivity index (χ1v) is 10.7. The molecule has 1 aromatic carbocycles. The molecule has 8 nitrogen and oxygen atoms in total. The van der Waals surface area contributed by atoms with Gasteiger partial charge in [-0.25, -0.2) is 13.2 Å². The van der Waals surface area contributed by atoms with Crippen LogP contribution in [-0.2, 0) is 24.1 Å². The summed E-state index contributed by atoms with van der Waals surface area (Å²) >= 11 is 0. The standard InChI is InChI=1S/C18H23NO7S/c20-17(19-14-7-9-27(22,23)12-14)11-26-18(21)13-3-5-15(6-4-13)25-10-16-2-1-8-24-16/h3-6,14,16H,1-2,7-12H2,(H,19,20)/t14-,16+/m0/s1. The van der Waals surface area contributed by atoms with Crippen molar-refractivity contribution in [2.24, 2.45) is 0 Å². The second-order valence-corrected chi connectivity index (χ2v) is 8.94. The van der Waals surface area contributed by atoms with E-state index in [0.29, 0.717) is 24.3 Å². The normalized spacial score (nSPS) is 23.7. The van der Waals surface area contributed by atoms with E-state index in [-0.39, 0.29) is 17.6 Å². The molecule has 2 aliphatic rings. The maximum Gasteiger partial charge on any atom is 0.338 e. The Labute approximate surface area is 158 Å². The van der Waals surface area contributed by atoms with E-state index in [9.17, 15) is 18.0 Å². The van der Waals surface area contributed by atoms with Crippen molar-refractivity contribution in [3.8, 4) is 5.75 Å². The number of benzene rings is 1. The molecule has 27 heavy (non-hydrogen) atoms. The summed E-state index contributed by atoms with van der Waals surface area (Å²) in [5.74, 6) is -0.516. The van der Waals surface area contributed by atoms with E-state index in [2.05, 4.69) is 5.32 Å².